The summed E-state index contributed by atoms with van der Waals surface area (Å²) < 4.78 is 15.8. The van der Waals surface area contributed by atoms with Crippen molar-refractivity contribution in [3.63, 3.8) is 0 Å². The summed E-state index contributed by atoms with van der Waals surface area (Å²) in [6.45, 7) is 11.9. The first-order chi connectivity index (χ1) is 14.7. The van der Waals surface area contributed by atoms with Gasteiger partial charge in [-0.1, -0.05) is 53.7 Å². The van der Waals surface area contributed by atoms with Crippen molar-refractivity contribution in [1.29, 1.82) is 0 Å². The van der Waals surface area contributed by atoms with E-state index in [1.165, 1.54) is 14.2 Å². The van der Waals surface area contributed by atoms with Gasteiger partial charge in [-0.05, 0) is 27.5 Å². The number of benzene rings is 1. The summed E-state index contributed by atoms with van der Waals surface area (Å²) in [4.78, 5) is 24.7. The molecule has 2 rings (SSSR count). The van der Waals surface area contributed by atoms with Crippen LogP contribution < -0.4 is 5.43 Å². The van der Waals surface area contributed by atoms with E-state index >= 15 is 0 Å². The molecule has 1 aromatic carbocycles. The number of phenols is 1. The minimum Gasteiger partial charge on any atom is -0.507 e. The molecule has 0 saturated carbocycles. The summed E-state index contributed by atoms with van der Waals surface area (Å²) in [7, 11) is 2.73. The number of phenolic OH excluding ortho intramolecular Hbond substituents is 1. The highest BCUT2D eigenvalue weighted by Gasteiger charge is 2.32. The molecule has 0 fully saturated rings. The first-order valence-corrected chi connectivity index (χ1v) is 10.5. The predicted molar refractivity (Wildman–Crippen MR) is 121 cm³/mol. The van der Waals surface area contributed by atoms with Crippen LogP contribution in [-0.2, 0) is 31.7 Å². The first kappa shape index (κ1) is 25.5. The number of carbonyl (C=O) groups is 1. The Balaban J connectivity index is 2.88. The zero-order valence-electron chi connectivity index (χ0n) is 20.2. The minimum absolute atomic E-state index is 0.0313. The van der Waals surface area contributed by atoms with Crippen LogP contribution >= 0.6 is 0 Å². The first-order valence-electron chi connectivity index (χ1n) is 10.5. The zero-order valence-corrected chi connectivity index (χ0v) is 20.2. The monoisotopic (exact) mass is 446 g/mol. The third-order valence-electron chi connectivity index (χ3n) is 5.35. The maximum atomic E-state index is 12.4. The Morgan fingerprint density at radius 3 is 1.94 bits per heavy atom. The highest BCUT2D eigenvalue weighted by molar-refractivity contribution is 5.71. The molecule has 0 saturated heterocycles. The van der Waals surface area contributed by atoms with Crippen molar-refractivity contribution in [3.05, 3.63) is 56.6 Å². The molecular weight excluding hydrogens is 412 g/mol. The number of aromatic hydroxyl groups is 2. The molecule has 176 valence electrons. The third-order valence-corrected chi connectivity index (χ3v) is 5.35. The Labute approximate surface area is 189 Å². The number of ether oxygens (including phenoxy) is 2. The molecule has 0 aliphatic heterocycles. The molecule has 0 aliphatic carbocycles. The number of hydrogen-bond acceptors (Lipinski definition) is 7. The summed E-state index contributed by atoms with van der Waals surface area (Å²) in [6, 6.07) is 4.75. The highest BCUT2D eigenvalue weighted by atomic mass is 16.5. The van der Waals surface area contributed by atoms with Crippen LogP contribution in [0.15, 0.2) is 27.4 Å². The van der Waals surface area contributed by atoms with E-state index in [4.69, 9.17) is 13.9 Å². The topological polar surface area (TPSA) is 106 Å². The lowest BCUT2D eigenvalue weighted by Gasteiger charge is -2.29. The van der Waals surface area contributed by atoms with Gasteiger partial charge < -0.3 is 24.1 Å². The van der Waals surface area contributed by atoms with Gasteiger partial charge in [-0.2, -0.15) is 0 Å². The molecule has 1 heterocycles. The average Bonchev–Trinajstić information content (AvgIpc) is 2.67. The number of esters is 1. The van der Waals surface area contributed by atoms with Crippen molar-refractivity contribution >= 4 is 5.97 Å². The van der Waals surface area contributed by atoms with Gasteiger partial charge in [-0.3, -0.25) is 9.59 Å². The Morgan fingerprint density at radius 2 is 1.50 bits per heavy atom. The summed E-state index contributed by atoms with van der Waals surface area (Å²) in [5, 5.41) is 21.6. The fraction of sp³-hybridized carbons (Fsp3) is 0.520. The summed E-state index contributed by atoms with van der Waals surface area (Å²) in [5.41, 5.74) is 0.553. The van der Waals surface area contributed by atoms with Gasteiger partial charge in [0.2, 0.25) is 11.2 Å². The Hall–Kier alpha value is -2.80. The molecule has 2 aromatic rings. The number of methoxy groups -OCH3 is 2. The van der Waals surface area contributed by atoms with Crippen molar-refractivity contribution in [2.24, 2.45) is 0 Å². The van der Waals surface area contributed by atoms with Crippen LogP contribution in [0.5, 0.6) is 11.5 Å². The van der Waals surface area contributed by atoms with E-state index in [9.17, 15) is 19.8 Å². The number of rotatable bonds is 6. The summed E-state index contributed by atoms with van der Waals surface area (Å²) in [5.74, 6) is -1.54. The van der Waals surface area contributed by atoms with Gasteiger partial charge in [-0.25, -0.2) is 0 Å². The molecule has 2 N–H and O–H groups in total. The van der Waals surface area contributed by atoms with Crippen molar-refractivity contribution in [2.75, 3.05) is 14.2 Å². The van der Waals surface area contributed by atoms with Gasteiger partial charge in [0.05, 0.1) is 19.4 Å². The van der Waals surface area contributed by atoms with E-state index in [1.807, 2.05) is 41.5 Å². The minimum atomic E-state index is -0.810. The molecule has 0 aliphatic rings. The standard InChI is InChI=1S/C25H34O7/c1-24(2,3)17-9-14(10-18(21(17)28)25(4,5)6)16(12-20(27)31-8)23-22(29)19(26)11-15(32-23)13-30-7/h9-11,16,28-29H,12-13H2,1-8H3/t16-/m1/s1. The normalized spacial score (nSPS) is 13.1. The Kier molecular flexibility index (Phi) is 7.45. The lowest BCUT2D eigenvalue weighted by atomic mass is 9.76. The fourth-order valence-corrected chi connectivity index (χ4v) is 3.62. The van der Waals surface area contributed by atoms with Crippen molar-refractivity contribution in [2.45, 2.75) is 71.3 Å². The highest BCUT2D eigenvalue weighted by Crippen LogP contribution is 2.43. The van der Waals surface area contributed by atoms with Gasteiger partial charge in [0.25, 0.3) is 0 Å². The van der Waals surface area contributed by atoms with E-state index in [0.29, 0.717) is 16.7 Å². The quantitative estimate of drug-likeness (QED) is 0.630. The average molecular weight is 447 g/mol. The van der Waals surface area contributed by atoms with Gasteiger partial charge >= 0.3 is 5.97 Å². The van der Waals surface area contributed by atoms with Gasteiger partial charge in [0.15, 0.2) is 5.76 Å². The second-order valence-corrected chi connectivity index (χ2v) is 10.0. The molecule has 7 heteroatoms. The second-order valence-electron chi connectivity index (χ2n) is 10.0. The molecule has 1 aromatic heterocycles. The smallest absolute Gasteiger partial charge is 0.306 e. The predicted octanol–water partition coefficient (Wildman–Crippen LogP) is 4.49. The Morgan fingerprint density at radius 1 is 0.969 bits per heavy atom. The van der Waals surface area contributed by atoms with Gasteiger partial charge in [-0.15, -0.1) is 0 Å². The SMILES string of the molecule is COCc1cc(=O)c(O)c([C@H](CC(=O)OC)c2cc(C(C)(C)C)c(O)c(C(C)(C)C)c2)o1. The molecule has 0 bridgehead atoms. The van der Waals surface area contributed by atoms with Gasteiger partial charge in [0.1, 0.15) is 18.1 Å². The maximum Gasteiger partial charge on any atom is 0.306 e. The largest absolute Gasteiger partial charge is 0.507 e. The van der Waals surface area contributed by atoms with Crippen LogP contribution in [0, 0.1) is 0 Å². The molecule has 32 heavy (non-hydrogen) atoms. The van der Waals surface area contributed by atoms with Crippen LogP contribution in [0.3, 0.4) is 0 Å². The van der Waals surface area contributed by atoms with E-state index in [2.05, 4.69) is 0 Å². The molecule has 0 amide bonds. The lowest BCUT2D eigenvalue weighted by Crippen LogP contribution is -2.20. The molecule has 0 unspecified atom stereocenters. The van der Waals surface area contributed by atoms with Gasteiger partial charge in [0, 0.05) is 13.2 Å². The summed E-state index contributed by atoms with van der Waals surface area (Å²) >= 11 is 0. The molecule has 0 spiro atoms. The zero-order chi connectivity index (χ0) is 24.4. The molecular formula is C25H34O7. The lowest BCUT2D eigenvalue weighted by molar-refractivity contribution is -0.140. The third kappa shape index (κ3) is 5.51. The van der Waals surface area contributed by atoms with Crippen LogP contribution in [0.1, 0.15) is 82.1 Å². The van der Waals surface area contributed by atoms with E-state index in [0.717, 1.165) is 6.07 Å². The maximum absolute atomic E-state index is 12.4. The van der Waals surface area contributed by atoms with Crippen molar-refractivity contribution in [3.8, 4) is 11.5 Å². The molecule has 0 radical (unpaired) electrons. The second kappa shape index (κ2) is 9.36. The Bertz CT molecular complexity index is 1000. The van der Waals surface area contributed by atoms with Crippen molar-refractivity contribution < 1.29 is 28.9 Å². The summed E-state index contributed by atoms with van der Waals surface area (Å²) in [6.07, 6.45) is -0.165. The number of carbonyl (C=O) groups excluding carboxylic acids is 1. The van der Waals surface area contributed by atoms with E-state index in [1.54, 1.807) is 12.1 Å². The van der Waals surface area contributed by atoms with E-state index < -0.39 is 33.9 Å². The fourth-order valence-electron chi connectivity index (χ4n) is 3.62. The van der Waals surface area contributed by atoms with E-state index in [-0.39, 0.29) is 30.3 Å². The van der Waals surface area contributed by atoms with Crippen LogP contribution in [0.4, 0.5) is 0 Å². The number of hydrogen-bond donors (Lipinski definition) is 2. The van der Waals surface area contributed by atoms with Crippen molar-refractivity contribution in [1.82, 2.24) is 0 Å². The van der Waals surface area contributed by atoms with Crippen LogP contribution in [0.2, 0.25) is 0 Å². The molecule has 1 atom stereocenters. The van der Waals surface area contributed by atoms with Crippen LogP contribution in [0.25, 0.3) is 0 Å². The van der Waals surface area contributed by atoms with Crippen LogP contribution in [-0.4, -0.2) is 30.4 Å². The molecule has 7 nitrogen and oxygen atoms in total.